The molecule has 0 unspecified atom stereocenters. The van der Waals surface area contributed by atoms with Crippen LogP contribution in [-0.4, -0.2) is 50.7 Å². The van der Waals surface area contributed by atoms with E-state index in [1.807, 2.05) is 0 Å². The highest BCUT2D eigenvalue weighted by atomic mass is 32.2. The van der Waals surface area contributed by atoms with Gasteiger partial charge in [-0.3, -0.25) is 10.1 Å². The SMILES string of the molecule is CC1CCN(CCCNc2sc(S(C)(=O)=O)cc2[N+](=O)[O-])CC1. The maximum atomic E-state index is 11.5. The van der Waals surface area contributed by atoms with Crippen LogP contribution >= 0.6 is 11.3 Å². The van der Waals surface area contributed by atoms with Crippen LogP contribution in [0.3, 0.4) is 0 Å². The largest absolute Gasteiger partial charge is 0.371 e. The van der Waals surface area contributed by atoms with E-state index in [1.165, 1.54) is 12.8 Å². The molecular formula is C14H23N3O4S2. The standard InChI is InChI=1S/C14H23N3O4S2/c1-11-4-8-16(9-5-11)7-3-6-15-14-12(17(18)19)10-13(22-14)23(2,20)21/h10-11,15H,3-9H2,1-2H3. The van der Waals surface area contributed by atoms with Crippen molar-refractivity contribution in [2.45, 2.75) is 30.4 Å². The van der Waals surface area contributed by atoms with Crippen molar-refractivity contribution >= 4 is 31.9 Å². The number of anilines is 1. The zero-order valence-electron chi connectivity index (χ0n) is 13.4. The maximum absolute atomic E-state index is 11.5. The molecule has 1 N–H and O–H groups in total. The number of rotatable bonds is 7. The number of thiophene rings is 1. The molecule has 0 atom stereocenters. The maximum Gasteiger partial charge on any atom is 0.304 e. The Morgan fingerprint density at radius 3 is 2.65 bits per heavy atom. The van der Waals surface area contributed by atoms with Gasteiger partial charge in [-0.15, -0.1) is 0 Å². The van der Waals surface area contributed by atoms with Crippen LogP contribution in [0.5, 0.6) is 0 Å². The number of sulfone groups is 1. The van der Waals surface area contributed by atoms with Crippen LogP contribution in [0.2, 0.25) is 0 Å². The molecule has 7 nitrogen and oxygen atoms in total. The van der Waals surface area contributed by atoms with E-state index >= 15 is 0 Å². The lowest BCUT2D eigenvalue weighted by atomic mass is 9.99. The van der Waals surface area contributed by atoms with Crippen molar-refractivity contribution in [3.05, 3.63) is 16.2 Å². The fourth-order valence-corrected chi connectivity index (χ4v) is 4.56. The molecule has 130 valence electrons. The number of piperidine rings is 1. The summed E-state index contributed by atoms with van der Waals surface area (Å²) in [6.45, 7) is 6.04. The molecule has 0 amide bonds. The third-order valence-corrected chi connectivity index (χ3v) is 6.95. The summed E-state index contributed by atoms with van der Waals surface area (Å²) in [7, 11) is -3.43. The molecule has 0 radical (unpaired) electrons. The molecule has 2 heterocycles. The minimum Gasteiger partial charge on any atom is -0.371 e. The third kappa shape index (κ3) is 5.15. The van der Waals surface area contributed by atoms with Crippen LogP contribution in [0.4, 0.5) is 10.7 Å². The molecule has 0 bridgehead atoms. The lowest BCUT2D eigenvalue weighted by molar-refractivity contribution is -0.383. The molecule has 1 aromatic heterocycles. The van der Waals surface area contributed by atoms with Gasteiger partial charge in [-0.2, -0.15) is 0 Å². The average molecular weight is 361 g/mol. The second-order valence-corrected chi connectivity index (χ2v) is 9.41. The number of nitrogens with zero attached hydrogens (tertiary/aromatic N) is 2. The summed E-state index contributed by atoms with van der Waals surface area (Å²) in [6, 6.07) is 1.13. The first-order valence-electron chi connectivity index (χ1n) is 7.72. The predicted molar refractivity (Wildman–Crippen MR) is 92.0 cm³/mol. The molecule has 0 saturated carbocycles. The minimum atomic E-state index is -3.43. The normalized spacial score (nSPS) is 17.3. The van der Waals surface area contributed by atoms with Crippen molar-refractivity contribution in [2.24, 2.45) is 5.92 Å². The van der Waals surface area contributed by atoms with Crippen LogP contribution in [-0.2, 0) is 9.84 Å². The molecular weight excluding hydrogens is 338 g/mol. The summed E-state index contributed by atoms with van der Waals surface area (Å²) >= 11 is 0.927. The van der Waals surface area contributed by atoms with Gasteiger partial charge in [0, 0.05) is 18.9 Å². The highest BCUT2D eigenvalue weighted by Gasteiger charge is 2.23. The van der Waals surface area contributed by atoms with Crippen molar-refractivity contribution < 1.29 is 13.3 Å². The Hall–Kier alpha value is -1.19. The van der Waals surface area contributed by atoms with Gasteiger partial charge in [-0.25, -0.2) is 8.42 Å². The number of nitro groups is 1. The first kappa shape index (κ1) is 18.2. The van der Waals surface area contributed by atoms with Gasteiger partial charge < -0.3 is 10.2 Å². The van der Waals surface area contributed by atoms with E-state index in [0.717, 1.165) is 55.6 Å². The fraction of sp³-hybridized carbons (Fsp3) is 0.714. The zero-order chi connectivity index (χ0) is 17.0. The van der Waals surface area contributed by atoms with Crippen LogP contribution in [0, 0.1) is 16.0 Å². The van der Waals surface area contributed by atoms with Crippen molar-refractivity contribution in [2.75, 3.05) is 37.8 Å². The Kier molecular flexibility index (Phi) is 5.99. The number of hydrogen-bond acceptors (Lipinski definition) is 7. The van der Waals surface area contributed by atoms with Crippen molar-refractivity contribution in [1.82, 2.24) is 4.90 Å². The Balaban J connectivity index is 1.87. The topological polar surface area (TPSA) is 92.6 Å². The second kappa shape index (κ2) is 7.59. The average Bonchev–Trinajstić information content (AvgIpc) is 2.90. The summed E-state index contributed by atoms with van der Waals surface area (Å²) in [5, 5.41) is 14.4. The van der Waals surface area contributed by atoms with Crippen molar-refractivity contribution in [1.29, 1.82) is 0 Å². The Labute approximate surface area is 140 Å². The first-order valence-corrected chi connectivity index (χ1v) is 10.4. The van der Waals surface area contributed by atoms with Crippen LogP contribution in [0.15, 0.2) is 10.3 Å². The highest BCUT2D eigenvalue weighted by Crippen LogP contribution is 2.36. The van der Waals surface area contributed by atoms with Gasteiger partial charge in [0.2, 0.25) is 0 Å². The number of nitrogens with one attached hydrogen (secondary N) is 1. The Bertz CT molecular complexity index is 649. The quantitative estimate of drug-likeness (QED) is 0.456. The van der Waals surface area contributed by atoms with E-state index in [0.29, 0.717) is 11.5 Å². The van der Waals surface area contributed by atoms with Gasteiger partial charge in [0.15, 0.2) is 14.8 Å². The van der Waals surface area contributed by atoms with Crippen molar-refractivity contribution in [3.63, 3.8) is 0 Å². The van der Waals surface area contributed by atoms with Crippen LogP contribution in [0.25, 0.3) is 0 Å². The minimum absolute atomic E-state index is 0.0247. The molecule has 1 saturated heterocycles. The second-order valence-electron chi connectivity index (χ2n) is 6.11. The molecule has 0 spiro atoms. The molecule has 9 heteroatoms. The Morgan fingerprint density at radius 1 is 1.43 bits per heavy atom. The molecule has 1 aliphatic heterocycles. The summed E-state index contributed by atoms with van der Waals surface area (Å²) < 4.78 is 23.1. The predicted octanol–water partition coefficient (Wildman–Crippen LogP) is 2.59. The molecule has 1 aliphatic rings. The number of hydrogen-bond donors (Lipinski definition) is 1. The Morgan fingerprint density at radius 2 is 2.09 bits per heavy atom. The van der Waals surface area contributed by atoms with Gasteiger partial charge in [-0.1, -0.05) is 18.3 Å². The first-order chi connectivity index (χ1) is 10.8. The van der Waals surface area contributed by atoms with E-state index in [9.17, 15) is 18.5 Å². The van der Waals surface area contributed by atoms with E-state index < -0.39 is 14.8 Å². The van der Waals surface area contributed by atoms with Gasteiger partial charge in [-0.05, 0) is 44.8 Å². The molecule has 1 fully saturated rings. The van der Waals surface area contributed by atoms with Crippen LogP contribution in [0.1, 0.15) is 26.2 Å². The van der Waals surface area contributed by atoms with Gasteiger partial charge in [0.05, 0.1) is 4.92 Å². The molecule has 1 aromatic rings. The lowest BCUT2D eigenvalue weighted by Gasteiger charge is -2.30. The summed E-state index contributed by atoms with van der Waals surface area (Å²) in [4.78, 5) is 12.9. The number of likely N-dealkylation sites (tertiary alicyclic amines) is 1. The lowest BCUT2D eigenvalue weighted by Crippen LogP contribution is -2.34. The van der Waals surface area contributed by atoms with Gasteiger partial charge in [0.25, 0.3) is 0 Å². The zero-order valence-corrected chi connectivity index (χ0v) is 15.1. The highest BCUT2D eigenvalue weighted by molar-refractivity contribution is 7.92. The summed E-state index contributed by atoms with van der Waals surface area (Å²) in [5.74, 6) is 0.799. The van der Waals surface area contributed by atoms with Crippen molar-refractivity contribution in [3.8, 4) is 0 Å². The van der Waals surface area contributed by atoms with E-state index in [2.05, 4.69) is 17.1 Å². The van der Waals surface area contributed by atoms with Crippen LogP contribution < -0.4 is 5.32 Å². The summed E-state index contributed by atoms with van der Waals surface area (Å²) in [5.41, 5.74) is -0.165. The molecule has 0 aromatic carbocycles. The van der Waals surface area contributed by atoms with Gasteiger partial charge in [0.1, 0.15) is 4.21 Å². The monoisotopic (exact) mass is 361 g/mol. The smallest absolute Gasteiger partial charge is 0.304 e. The van der Waals surface area contributed by atoms with E-state index in [-0.39, 0.29) is 9.90 Å². The van der Waals surface area contributed by atoms with E-state index in [1.54, 1.807) is 0 Å². The van der Waals surface area contributed by atoms with E-state index in [4.69, 9.17) is 0 Å². The molecule has 2 rings (SSSR count). The summed E-state index contributed by atoms with van der Waals surface area (Å²) in [6.07, 6.45) is 4.38. The molecule has 23 heavy (non-hydrogen) atoms. The molecule has 0 aliphatic carbocycles. The van der Waals surface area contributed by atoms with Gasteiger partial charge >= 0.3 is 5.69 Å². The fourth-order valence-electron chi connectivity index (χ4n) is 2.59. The third-order valence-electron chi connectivity index (χ3n) is 4.06.